The maximum Gasteiger partial charge on any atom is 0.303 e. The molecule has 0 aliphatic rings. The normalized spacial score (nSPS) is 10.3. The zero-order valence-electron chi connectivity index (χ0n) is 8.46. The molecule has 0 aliphatic heterocycles. The number of aromatic hydroxyl groups is 1. The van der Waals surface area contributed by atoms with Gasteiger partial charge in [-0.2, -0.15) is 0 Å². The van der Waals surface area contributed by atoms with E-state index in [-0.39, 0.29) is 12.2 Å². The summed E-state index contributed by atoms with van der Waals surface area (Å²) in [6.45, 7) is 1.77. The van der Waals surface area contributed by atoms with E-state index in [4.69, 9.17) is 16.7 Å². The SMILES string of the molecule is Cc1cc(CCCC(=O)O)cc(Cl)c1O. The van der Waals surface area contributed by atoms with Gasteiger partial charge in [-0.1, -0.05) is 17.7 Å². The van der Waals surface area contributed by atoms with Gasteiger partial charge in [-0.15, -0.1) is 0 Å². The number of phenolic OH excluding ortho intramolecular Hbond substituents is 1. The van der Waals surface area contributed by atoms with Crippen molar-refractivity contribution in [3.8, 4) is 5.75 Å². The Morgan fingerprint density at radius 2 is 2.13 bits per heavy atom. The maximum atomic E-state index is 10.3. The van der Waals surface area contributed by atoms with Crippen molar-refractivity contribution in [1.29, 1.82) is 0 Å². The molecule has 0 amide bonds. The van der Waals surface area contributed by atoms with Gasteiger partial charge in [-0.3, -0.25) is 4.79 Å². The predicted molar refractivity (Wildman–Crippen MR) is 58.4 cm³/mol. The number of phenols is 1. The Morgan fingerprint density at radius 1 is 1.47 bits per heavy atom. The second-order valence-electron chi connectivity index (χ2n) is 3.49. The van der Waals surface area contributed by atoms with Crippen LogP contribution in [0.1, 0.15) is 24.0 Å². The summed E-state index contributed by atoms with van der Waals surface area (Å²) in [5.41, 5.74) is 1.67. The number of aryl methyl sites for hydroxylation is 2. The summed E-state index contributed by atoms with van der Waals surface area (Å²) in [5.74, 6) is -0.699. The summed E-state index contributed by atoms with van der Waals surface area (Å²) in [7, 11) is 0. The molecule has 0 saturated heterocycles. The fraction of sp³-hybridized carbons (Fsp3) is 0.364. The molecule has 1 rings (SSSR count). The van der Waals surface area contributed by atoms with Crippen molar-refractivity contribution in [2.45, 2.75) is 26.2 Å². The molecule has 0 heterocycles. The Morgan fingerprint density at radius 3 is 2.67 bits per heavy atom. The number of carboxylic acid groups (broad SMARTS) is 1. The quantitative estimate of drug-likeness (QED) is 0.833. The first kappa shape index (κ1) is 11.9. The van der Waals surface area contributed by atoms with Crippen LogP contribution in [0.15, 0.2) is 12.1 Å². The third-order valence-corrected chi connectivity index (χ3v) is 2.46. The van der Waals surface area contributed by atoms with Crippen LogP contribution >= 0.6 is 11.6 Å². The number of carboxylic acids is 1. The fourth-order valence-electron chi connectivity index (χ4n) is 1.40. The number of hydrogen-bond donors (Lipinski definition) is 2. The van der Waals surface area contributed by atoms with Crippen LogP contribution in [0.5, 0.6) is 5.75 Å². The number of aliphatic carboxylic acids is 1. The van der Waals surface area contributed by atoms with Gasteiger partial charge in [-0.25, -0.2) is 0 Å². The highest BCUT2D eigenvalue weighted by Crippen LogP contribution is 2.28. The molecule has 15 heavy (non-hydrogen) atoms. The lowest BCUT2D eigenvalue weighted by Crippen LogP contribution is -1.96. The van der Waals surface area contributed by atoms with Gasteiger partial charge >= 0.3 is 5.97 Å². The van der Waals surface area contributed by atoms with E-state index in [0.717, 1.165) is 5.56 Å². The molecular formula is C11H13ClO3. The van der Waals surface area contributed by atoms with Crippen LogP contribution in [0, 0.1) is 6.92 Å². The summed E-state index contributed by atoms with van der Waals surface area (Å²) in [6.07, 6.45) is 1.39. The van der Waals surface area contributed by atoms with Crippen molar-refractivity contribution in [1.82, 2.24) is 0 Å². The van der Waals surface area contributed by atoms with Crippen molar-refractivity contribution < 1.29 is 15.0 Å². The first-order valence-electron chi connectivity index (χ1n) is 4.70. The highest BCUT2D eigenvalue weighted by molar-refractivity contribution is 6.32. The highest BCUT2D eigenvalue weighted by atomic mass is 35.5. The Balaban J connectivity index is 2.66. The number of rotatable bonds is 4. The summed E-state index contributed by atoms with van der Waals surface area (Å²) >= 11 is 5.79. The van der Waals surface area contributed by atoms with Gasteiger partial charge < -0.3 is 10.2 Å². The largest absolute Gasteiger partial charge is 0.506 e. The van der Waals surface area contributed by atoms with E-state index in [2.05, 4.69) is 0 Å². The van der Waals surface area contributed by atoms with Crippen LogP contribution in [0.2, 0.25) is 5.02 Å². The minimum atomic E-state index is -0.795. The molecular weight excluding hydrogens is 216 g/mol. The van der Waals surface area contributed by atoms with E-state index in [9.17, 15) is 9.90 Å². The minimum absolute atomic E-state index is 0.0960. The molecule has 2 N–H and O–H groups in total. The molecule has 0 aliphatic carbocycles. The summed E-state index contributed by atoms with van der Waals surface area (Å²) in [6, 6.07) is 3.49. The Kier molecular flexibility index (Phi) is 3.97. The summed E-state index contributed by atoms with van der Waals surface area (Å²) in [5, 5.41) is 18.2. The van der Waals surface area contributed by atoms with Crippen LogP contribution < -0.4 is 0 Å². The van der Waals surface area contributed by atoms with Crippen molar-refractivity contribution in [2.24, 2.45) is 0 Å². The third kappa shape index (κ3) is 3.44. The van der Waals surface area contributed by atoms with Gasteiger partial charge in [-0.05, 0) is 37.0 Å². The molecule has 0 spiro atoms. The Bertz CT molecular complexity index is 351. The van der Waals surface area contributed by atoms with Crippen LogP contribution in [-0.4, -0.2) is 16.2 Å². The van der Waals surface area contributed by atoms with E-state index in [0.29, 0.717) is 23.4 Å². The van der Waals surface area contributed by atoms with Crippen LogP contribution in [-0.2, 0) is 11.2 Å². The van der Waals surface area contributed by atoms with Crippen LogP contribution in [0.4, 0.5) is 0 Å². The van der Waals surface area contributed by atoms with Crippen LogP contribution in [0.25, 0.3) is 0 Å². The predicted octanol–water partition coefficient (Wildman–Crippen LogP) is 2.76. The molecule has 4 heteroatoms. The first-order valence-corrected chi connectivity index (χ1v) is 5.08. The van der Waals surface area contributed by atoms with Gasteiger partial charge in [0.15, 0.2) is 0 Å². The highest BCUT2D eigenvalue weighted by Gasteiger charge is 2.05. The number of benzene rings is 1. The van der Waals surface area contributed by atoms with E-state index in [1.165, 1.54) is 0 Å². The molecule has 1 aromatic rings. The van der Waals surface area contributed by atoms with Gasteiger partial charge in [0.25, 0.3) is 0 Å². The van der Waals surface area contributed by atoms with Gasteiger partial charge in [0, 0.05) is 6.42 Å². The van der Waals surface area contributed by atoms with E-state index >= 15 is 0 Å². The molecule has 0 fully saturated rings. The minimum Gasteiger partial charge on any atom is -0.506 e. The monoisotopic (exact) mass is 228 g/mol. The second-order valence-corrected chi connectivity index (χ2v) is 3.90. The van der Waals surface area contributed by atoms with Gasteiger partial charge in [0.05, 0.1) is 5.02 Å². The Labute approximate surface area is 93.3 Å². The van der Waals surface area contributed by atoms with Crippen molar-refractivity contribution >= 4 is 17.6 Å². The molecule has 1 aromatic carbocycles. The molecule has 0 atom stereocenters. The van der Waals surface area contributed by atoms with Crippen molar-refractivity contribution in [3.63, 3.8) is 0 Å². The lowest BCUT2D eigenvalue weighted by atomic mass is 10.1. The molecule has 0 unspecified atom stereocenters. The molecule has 0 aromatic heterocycles. The second kappa shape index (κ2) is 5.03. The lowest BCUT2D eigenvalue weighted by molar-refractivity contribution is -0.137. The summed E-state index contributed by atoms with van der Waals surface area (Å²) < 4.78 is 0. The van der Waals surface area contributed by atoms with E-state index in [1.54, 1.807) is 13.0 Å². The van der Waals surface area contributed by atoms with Gasteiger partial charge in [0.1, 0.15) is 5.75 Å². The first-order chi connectivity index (χ1) is 7.00. The third-order valence-electron chi connectivity index (χ3n) is 2.17. The number of halogens is 1. The lowest BCUT2D eigenvalue weighted by Gasteiger charge is -2.05. The zero-order chi connectivity index (χ0) is 11.4. The molecule has 3 nitrogen and oxygen atoms in total. The zero-order valence-corrected chi connectivity index (χ0v) is 9.21. The average molecular weight is 229 g/mol. The van der Waals surface area contributed by atoms with E-state index < -0.39 is 5.97 Å². The maximum absolute atomic E-state index is 10.3. The Hall–Kier alpha value is -1.22. The molecule has 0 bridgehead atoms. The average Bonchev–Trinajstić information content (AvgIpc) is 2.13. The molecule has 0 radical (unpaired) electrons. The standard InChI is InChI=1S/C11H13ClO3/c1-7-5-8(3-2-4-10(13)14)6-9(12)11(7)15/h5-6,15H,2-4H2,1H3,(H,13,14). The van der Waals surface area contributed by atoms with E-state index in [1.807, 2.05) is 6.07 Å². The van der Waals surface area contributed by atoms with Crippen molar-refractivity contribution in [3.05, 3.63) is 28.3 Å². The summed E-state index contributed by atoms with van der Waals surface area (Å²) in [4.78, 5) is 10.3. The molecule has 0 saturated carbocycles. The van der Waals surface area contributed by atoms with Crippen molar-refractivity contribution in [2.75, 3.05) is 0 Å². The van der Waals surface area contributed by atoms with Crippen LogP contribution in [0.3, 0.4) is 0 Å². The smallest absolute Gasteiger partial charge is 0.303 e. The number of carbonyl (C=O) groups is 1. The topological polar surface area (TPSA) is 57.5 Å². The number of hydrogen-bond acceptors (Lipinski definition) is 2. The molecule has 82 valence electrons. The fourth-order valence-corrected chi connectivity index (χ4v) is 1.68. The van der Waals surface area contributed by atoms with Gasteiger partial charge in [0.2, 0.25) is 0 Å².